The van der Waals surface area contributed by atoms with Gasteiger partial charge in [-0.2, -0.15) is 0 Å². The van der Waals surface area contributed by atoms with Gasteiger partial charge >= 0.3 is 0 Å². The lowest BCUT2D eigenvalue weighted by atomic mass is 10.1. The minimum Gasteiger partial charge on any atom is -0.380 e. The van der Waals surface area contributed by atoms with Gasteiger partial charge in [-0.25, -0.2) is 0 Å². The van der Waals surface area contributed by atoms with E-state index in [1.54, 1.807) is 0 Å². The number of hydrogen-bond acceptors (Lipinski definition) is 2. The van der Waals surface area contributed by atoms with Crippen molar-refractivity contribution in [2.75, 3.05) is 19.8 Å². The predicted molar refractivity (Wildman–Crippen MR) is 69.1 cm³/mol. The topological polar surface area (TPSA) is 21.3 Å². The maximum absolute atomic E-state index is 5.85. The summed E-state index contributed by atoms with van der Waals surface area (Å²) in [6.45, 7) is 6.62. The van der Waals surface area contributed by atoms with Crippen molar-refractivity contribution in [3.05, 3.63) is 34.9 Å². The second-order valence-corrected chi connectivity index (χ2v) is 4.18. The number of rotatable bonds is 7. The first-order chi connectivity index (χ1) is 7.76. The van der Waals surface area contributed by atoms with E-state index in [9.17, 15) is 0 Å². The maximum Gasteiger partial charge on any atom is 0.0622 e. The summed E-state index contributed by atoms with van der Waals surface area (Å²) in [7, 11) is 0. The smallest absolute Gasteiger partial charge is 0.0622 e. The Hall–Kier alpha value is -0.570. The van der Waals surface area contributed by atoms with Crippen molar-refractivity contribution in [2.45, 2.75) is 26.3 Å². The highest BCUT2D eigenvalue weighted by molar-refractivity contribution is 6.30. The van der Waals surface area contributed by atoms with Crippen LogP contribution in [0.2, 0.25) is 5.02 Å². The Morgan fingerprint density at radius 3 is 2.50 bits per heavy atom. The zero-order valence-corrected chi connectivity index (χ0v) is 10.8. The minimum absolute atomic E-state index is 0.381. The largest absolute Gasteiger partial charge is 0.380 e. The van der Waals surface area contributed by atoms with E-state index in [-0.39, 0.29) is 0 Å². The van der Waals surface area contributed by atoms with Crippen LogP contribution in [0, 0.1) is 0 Å². The van der Waals surface area contributed by atoms with Gasteiger partial charge in [0.05, 0.1) is 6.61 Å². The van der Waals surface area contributed by atoms with E-state index in [1.807, 2.05) is 19.1 Å². The Morgan fingerprint density at radius 1 is 1.25 bits per heavy atom. The number of halogens is 1. The molecule has 0 aliphatic heterocycles. The molecule has 1 aromatic carbocycles. The van der Waals surface area contributed by atoms with Crippen LogP contribution in [0.25, 0.3) is 0 Å². The average molecular weight is 242 g/mol. The lowest BCUT2D eigenvalue weighted by Gasteiger charge is -2.17. The molecular formula is C13H20ClNO. The molecule has 0 saturated carbocycles. The zero-order valence-electron chi connectivity index (χ0n) is 10.0. The molecule has 16 heavy (non-hydrogen) atoms. The Balaban J connectivity index is 2.49. The molecule has 0 radical (unpaired) electrons. The molecule has 3 heteroatoms. The van der Waals surface area contributed by atoms with E-state index in [0.717, 1.165) is 31.2 Å². The summed E-state index contributed by atoms with van der Waals surface area (Å²) in [6.07, 6.45) is 0.977. The van der Waals surface area contributed by atoms with Gasteiger partial charge in [-0.05, 0) is 37.6 Å². The molecule has 0 aliphatic rings. The highest BCUT2D eigenvalue weighted by Gasteiger charge is 2.08. The van der Waals surface area contributed by atoms with Crippen LogP contribution in [0.4, 0.5) is 0 Å². The molecular weight excluding hydrogens is 222 g/mol. The summed E-state index contributed by atoms with van der Waals surface area (Å²) in [6, 6.07) is 8.38. The van der Waals surface area contributed by atoms with Crippen LogP contribution in [-0.2, 0) is 11.2 Å². The minimum atomic E-state index is 0.381. The van der Waals surface area contributed by atoms with Crippen LogP contribution in [0.3, 0.4) is 0 Å². The molecule has 0 fully saturated rings. The van der Waals surface area contributed by atoms with Crippen LogP contribution < -0.4 is 5.32 Å². The molecule has 1 rings (SSSR count). The van der Waals surface area contributed by atoms with Gasteiger partial charge in [0.2, 0.25) is 0 Å². The van der Waals surface area contributed by atoms with Crippen molar-refractivity contribution < 1.29 is 4.74 Å². The van der Waals surface area contributed by atoms with E-state index in [2.05, 4.69) is 24.4 Å². The standard InChI is InChI=1S/C13H20ClNO/c1-3-15-13(10-16-4-2)9-11-5-7-12(14)8-6-11/h5-8,13,15H,3-4,9-10H2,1-2H3. The van der Waals surface area contributed by atoms with Crippen molar-refractivity contribution in [3.8, 4) is 0 Å². The summed E-state index contributed by atoms with van der Waals surface area (Å²) < 4.78 is 5.46. The molecule has 2 nitrogen and oxygen atoms in total. The molecule has 0 aromatic heterocycles. The highest BCUT2D eigenvalue weighted by Crippen LogP contribution is 2.11. The van der Waals surface area contributed by atoms with Crippen molar-refractivity contribution in [1.82, 2.24) is 5.32 Å². The van der Waals surface area contributed by atoms with Gasteiger partial charge in [0.15, 0.2) is 0 Å². The van der Waals surface area contributed by atoms with Crippen LogP contribution in [0.1, 0.15) is 19.4 Å². The monoisotopic (exact) mass is 241 g/mol. The number of benzene rings is 1. The summed E-state index contributed by atoms with van der Waals surface area (Å²) in [5, 5.41) is 4.21. The summed E-state index contributed by atoms with van der Waals surface area (Å²) >= 11 is 5.85. The molecule has 1 atom stereocenters. The van der Waals surface area contributed by atoms with Gasteiger partial charge in [0.1, 0.15) is 0 Å². The summed E-state index contributed by atoms with van der Waals surface area (Å²) in [5.41, 5.74) is 1.29. The van der Waals surface area contributed by atoms with E-state index in [1.165, 1.54) is 5.56 Å². The lowest BCUT2D eigenvalue weighted by Crippen LogP contribution is -2.35. The summed E-state index contributed by atoms with van der Waals surface area (Å²) in [5.74, 6) is 0. The number of ether oxygens (including phenoxy) is 1. The Morgan fingerprint density at radius 2 is 1.94 bits per heavy atom. The van der Waals surface area contributed by atoms with Gasteiger partial charge in [-0.1, -0.05) is 30.7 Å². The number of nitrogens with one attached hydrogen (secondary N) is 1. The SMILES string of the molecule is CCNC(COCC)Cc1ccc(Cl)cc1. The fourth-order valence-corrected chi connectivity index (χ4v) is 1.77. The van der Waals surface area contributed by atoms with Crippen molar-refractivity contribution in [1.29, 1.82) is 0 Å². The normalized spacial score (nSPS) is 12.7. The van der Waals surface area contributed by atoms with E-state index < -0.39 is 0 Å². The fraction of sp³-hybridized carbons (Fsp3) is 0.538. The molecule has 90 valence electrons. The zero-order chi connectivity index (χ0) is 11.8. The molecule has 0 bridgehead atoms. The molecule has 1 unspecified atom stereocenters. The Bertz CT molecular complexity index is 286. The maximum atomic E-state index is 5.85. The average Bonchev–Trinajstić information content (AvgIpc) is 2.29. The van der Waals surface area contributed by atoms with Gasteiger partial charge < -0.3 is 10.1 Å². The second-order valence-electron chi connectivity index (χ2n) is 3.74. The van der Waals surface area contributed by atoms with Gasteiger partial charge in [0.25, 0.3) is 0 Å². The van der Waals surface area contributed by atoms with Crippen molar-refractivity contribution in [2.24, 2.45) is 0 Å². The van der Waals surface area contributed by atoms with E-state index >= 15 is 0 Å². The van der Waals surface area contributed by atoms with Crippen molar-refractivity contribution in [3.63, 3.8) is 0 Å². The van der Waals surface area contributed by atoms with Crippen LogP contribution in [-0.4, -0.2) is 25.8 Å². The molecule has 0 heterocycles. The van der Waals surface area contributed by atoms with E-state index in [4.69, 9.17) is 16.3 Å². The quantitative estimate of drug-likeness (QED) is 0.793. The third kappa shape index (κ3) is 4.97. The number of likely N-dealkylation sites (N-methyl/N-ethyl adjacent to an activating group) is 1. The first kappa shape index (κ1) is 13.5. The van der Waals surface area contributed by atoms with Crippen LogP contribution in [0.15, 0.2) is 24.3 Å². The second kappa shape index (κ2) is 7.66. The van der Waals surface area contributed by atoms with Gasteiger partial charge in [-0.15, -0.1) is 0 Å². The molecule has 0 saturated heterocycles. The van der Waals surface area contributed by atoms with Crippen LogP contribution >= 0.6 is 11.6 Å². The fourth-order valence-electron chi connectivity index (χ4n) is 1.64. The molecule has 1 aromatic rings. The third-order valence-corrected chi connectivity index (χ3v) is 2.66. The molecule has 1 N–H and O–H groups in total. The van der Waals surface area contributed by atoms with Crippen LogP contribution in [0.5, 0.6) is 0 Å². The van der Waals surface area contributed by atoms with Gasteiger partial charge in [-0.3, -0.25) is 0 Å². The van der Waals surface area contributed by atoms with E-state index in [0.29, 0.717) is 6.04 Å². The number of hydrogen-bond donors (Lipinski definition) is 1. The summed E-state index contributed by atoms with van der Waals surface area (Å²) in [4.78, 5) is 0. The first-order valence-corrected chi connectivity index (χ1v) is 6.19. The predicted octanol–water partition coefficient (Wildman–Crippen LogP) is 2.90. The first-order valence-electron chi connectivity index (χ1n) is 5.81. The Labute approximate surface area is 103 Å². The highest BCUT2D eigenvalue weighted by atomic mass is 35.5. The lowest BCUT2D eigenvalue weighted by molar-refractivity contribution is 0.123. The van der Waals surface area contributed by atoms with Gasteiger partial charge in [0, 0.05) is 17.7 Å². The Kier molecular flexibility index (Phi) is 6.46. The van der Waals surface area contributed by atoms with Crippen molar-refractivity contribution >= 4 is 11.6 Å². The molecule has 0 amide bonds. The third-order valence-electron chi connectivity index (χ3n) is 2.41. The molecule has 0 aliphatic carbocycles. The molecule has 0 spiro atoms.